The van der Waals surface area contributed by atoms with E-state index in [4.69, 9.17) is 14.9 Å². The molecule has 0 aliphatic carbocycles. The van der Waals surface area contributed by atoms with Crippen molar-refractivity contribution in [3.8, 4) is 17.1 Å². The van der Waals surface area contributed by atoms with E-state index in [1.165, 1.54) is 6.07 Å². The van der Waals surface area contributed by atoms with Crippen molar-refractivity contribution < 1.29 is 9.15 Å². The van der Waals surface area contributed by atoms with Crippen LogP contribution in [0.1, 0.15) is 6.92 Å². The van der Waals surface area contributed by atoms with Gasteiger partial charge in [0.2, 0.25) is 0 Å². The van der Waals surface area contributed by atoms with E-state index in [-0.39, 0.29) is 5.43 Å². The molecule has 1 heterocycles. The van der Waals surface area contributed by atoms with Crippen molar-refractivity contribution in [1.82, 2.24) is 0 Å². The van der Waals surface area contributed by atoms with E-state index in [0.29, 0.717) is 28.3 Å². The van der Waals surface area contributed by atoms with Crippen LogP contribution in [0.15, 0.2) is 62.7 Å². The molecule has 5 nitrogen and oxygen atoms in total. The molecular weight excluding hydrogens is 292 g/mol. The van der Waals surface area contributed by atoms with Gasteiger partial charge in [-0.2, -0.15) is 0 Å². The lowest BCUT2D eigenvalue weighted by Gasteiger charge is -2.05. The summed E-state index contributed by atoms with van der Waals surface area (Å²) < 4.78 is 11.0. The average molecular weight is 308 g/mol. The van der Waals surface area contributed by atoms with Gasteiger partial charge in [-0.25, -0.2) is 4.99 Å². The number of nitrogens with zero attached hydrogens (tertiary/aromatic N) is 1. The van der Waals surface area contributed by atoms with Gasteiger partial charge in [-0.05, 0) is 49.4 Å². The smallest absolute Gasteiger partial charge is 0.193 e. The Morgan fingerprint density at radius 2 is 1.87 bits per heavy atom. The first-order chi connectivity index (χ1) is 11.1. The van der Waals surface area contributed by atoms with E-state index >= 15 is 0 Å². The van der Waals surface area contributed by atoms with Crippen molar-refractivity contribution in [2.24, 2.45) is 10.7 Å². The summed E-state index contributed by atoms with van der Waals surface area (Å²) in [5.41, 5.74) is 7.39. The molecule has 0 spiro atoms. The number of rotatable bonds is 3. The molecule has 0 aliphatic rings. The molecular formula is C18H16N2O3. The normalized spacial score (nSPS) is 11.7. The summed E-state index contributed by atoms with van der Waals surface area (Å²) >= 11 is 0. The number of aliphatic imine (C=N–C) groups is 1. The molecule has 0 aliphatic heterocycles. The van der Waals surface area contributed by atoms with Crippen molar-refractivity contribution >= 4 is 22.5 Å². The van der Waals surface area contributed by atoms with E-state index in [2.05, 4.69) is 4.99 Å². The van der Waals surface area contributed by atoms with Gasteiger partial charge >= 0.3 is 0 Å². The quantitative estimate of drug-likeness (QED) is 0.593. The van der Waals surface area contributed by atoms with Crippen LogP contribution in [0.3, 0.4) is 0 Å². The van der Waals surface area contributed by atoms with Crippen molar-refractivity contribution in [1.29, 1.82) is 0 Å². The second-order valence-electron chi connectivity index (χ2n) is 5.14. The Morgan fingerprint density at radius 1 is 1.13 bits per heavy atom. The number of hydrogen-bond acceptors (Lipinski definition) is 4. The highest BCUT2D eigenvalue weighted by Gasteiger charge is 2.08. The maximum atomic E-state index is 12.4. The largest absolute Gasteiger partial charge is 0.497 e. The Morgan fingerprint density at radius 3 is 2.52 bits per heavy atom. The lowest BCUT2D eigenvalue weighted by Crippen LogP contribution is -2.04. The van der Waals surface area contributed by atoms with Gasteiger partial charge < -0.3 is 14.9 Å². The molecule has 0 radical (unpaired) electrons. The monoisotopic (exact) mass is 308 g/mol. The first-order valence-corrected chi connectivity index (χ1v) is 7.10. The summed E-state index contributed by atoms with van der Waals surface area (Å²) in [6.07, 6.45) is 0. The predicted molar refractivity (Wildman–Crippen MR) is 91.4 cm³/mol. The van der Waals surface area contributed by atoms with Gasteiger partial charge in [0, 0.05) is 11.6 Å². The van der Waals surface area contributed by atoms with Crippen LogP contribution in [0.4, 0.5) is 5.69 Å². The highest BCUT2D eigenvalue weighted by molar-refractivity contribution is 5.85. The maximum Gasteiger partial charge on any atom is 0.193 e. The van der Waals surface area contributed by atoms with E-state index in [9.17, 15) is 4.79 Å². The van der Waals surface area contributed by atoms with Crippen molar-refractivity contribution in [2.75, 3.05) is 7.11 Å². The van der Waals surface area contributed by atoms with Crippen LogP contribution < -0.4 is 15.9 Å². The zero-order valence-electron chi connectivity index (χ0n) is 12.9. The first kappa shape index (κ1) is 14.8. The summed E-state index contributed by atoms with van der Waals surface area (Å²) in [5.74, 6) is 1.69. The molecule has 0 fully saturated rings. The molecule has 0 saturated carbocycles. The van der Waals surface area contributed by atoms with Crippen LogP contribution in [-0.2, 0) is 0 Å². The third-order valence-electron chi connectivity index (χ3n) is 3.39. The Balaban J connectivity index is 2.10. The molecule has 23 heavy (non-hydrogen) atoms. The number of amidine groups is 1. The van der Waals surface area contributed by atoms with E-state index in [1.807, 2.05) is 24.3 Å². The first-order valence-electron chi connectivity index (χ1n) is 7.10. The van der Waals surface area contributed by atoms with Gasteiger partial charge in [0.1, 0.15) is 17.1 Å². The maximum absolute atomic E-state index is 12.4. The summed E-state index contributed by atoms with van der Waals surface area (Å²) in [6.45, 7) is 1.69. The molecule has 0 bridgehead atoms. The molecule has 1 aromatic heterocycles. The molecule has 0 atom stereocenters. The van der Waals surface area contributed by atoms with Crippen LogP contribution in [0.2, 0.25) is 0 Å². The Labute approximate surface area is 133 Å². The fraction of sp³-hybridized carbons (Fsp3) is 0.111. The Bertz CT molecular complexity index is 937. The van der Waals surface area contributed by atoms with Crippen LogP contribution in [0.25, 0.3) is 22.3 Å². The zero-order valence-corrected chi connectivity index (χ0v) is 12.9. The lowest BCUT2D eigenvalue weighted by molar-refractivity contribution is 0.415. The molecule has 2 N–H and O–H groups in total. The van der Waals surface area contributed by atoms with Gasteiger partial charge in [0.25, 0.3) is 0 Å². The number of hydrogen-bond donors (Lipinski definition) is 1. The van der Waals surface area contributed by atoms with Crippen LogP contribution in [-0.4, -0.2) is 12.9 Å². The molecule has 0 unspecified atom stereocenters. The van der Waals surface area contributed by atoms with Crippen molar-refractivity contribution in [3.63, 3.8) is 0 Å². The highest BCUT2D eigenvalue weighted by atomic mass is 16.5. The minimum Gasteiger partial charge on any atom is -0.497 e. The number of fused-ring (bicyclic) bond motifs is 1. The summed E-state index contributed by atoms with van der Waals surface area (Å²) in [5, 5.41) is 0.477. The Kier molecular flexibility index (Phi) is 3.85. The van der Waals surface area contributed by atoms with Gasteiger partial charge in [-0.15, -0.1) is 0 Å². The fourth-order valence-electron chi connectivity index (χ4n) is 2.31. The second kappa shape index (κ2) is 5.96. The molecule has 5 heteroatoms. The third kappa shape index (κ3) is 3.08. The van der Waals surface area contributed by atoms with Crippen molar-refractivity contribution in [2.45, 2.75) is 6.92 Å². The van der Waals surface area contributed by atoms with Gasteiger partial charge in [0.05, 0.1) is 24.0 Å². The van der Waals surface area contributed by atoms with Crippen molar-refractivity contribution in [3.05, 3.63) is 58.8 Å². The van der Waals surface area contributed by atoms with Crippen LogP contribution in [0, 0.1) is 0 Å². The highest BCUT2D eigenvalue weighted by Crippen LogP contribution is 2.26. The molecule has 0 saturated heterocycles. The SMILES string of the molecule is COc1ccc(-c2cc(=O)c3cc(N=C(C)N)ccc3o2)cc1. The molecule has 116 valence electrons. The summed E-state index contributed by atoms with van der Waals surface area (Å²) in [6, 6.07) is 14.0. The minimum atomic E-state index is -0.121. The third-order valence-corrected chi connectivity index (χ3v) is 3.39. The average Bonchev–Trinajstić information content (AvgIpc) is 2.55. The van der Waals surface area contributed by atoms with E-state index in [1.54, 1.807) is 32.2 Å². The van der Waals surface area contributed by atoms with Crippen LogP contribution in [0.5, 0.6) is 5.75 Å². The van der Waals surface area contributed by atoms with Gasteiger partial charge in [-0.3, -0.25) is 4.79 Å². The van der Waals surface area contributed by atoms with E-state index in [0.717, 1.165) is 11.3 Å². The molecule has 3 aromatic rings. The lowest BCUT2D eigenvalue weighted by atomic mass is 10.1. The standard InChI is InChI=1S/C18H16N2O3/c1-11(19)20-13-5-8-17-15(9-13)16(21)10-18(23-17)12-3-6-14(22-2)7-4-12/h3-10H,1-2H3,(H2,19,20). The second-order valence-corrected chi connectivity index (χ2v) is 5.14. The van der Waals surface area contributed by atoms with Gasteiger partial charge in [0.15, 0.2) is 5.43 Å². The van der Waals surface area contributed by atoms with Gasteiger partial charge in [-0.1, -0.05) is 0 Å². The minimum absolute atomic E-state index is 0.121. The predicted octanol–water partition coefficient (Wildman–Crippen LogP) is 3.48. The van der Waals surface area contributed by atoms with Crippen LogP contribution >= 0.6 is 0 Å². The Hall–Kier alpha value is -3.08. The summed E-state index contributed by atoms with van der Waals surface area (Å²) in [7, 11) is 1.61. The number of nitrogens with two attached hydrogens (primary N) is 1. The van der Waals surface area contributed by atoms with E-state index < -0.39 is 0 Å². The molecule has 2 aromatic carbocycles. The zero-order chi connectivity index (χ0) is 16.4. The topological polar surface area (TPSA) is 77.8 Å². The number of ether oxygens (including phenoxy) is 1. The number of methoxy groups -OCH3 is 1. The molecule has 0 amide bonds. The molecule has 3 rings (SSSR count). The fourth-order valence-corrected chi connectivity index (χ4v) is 2.31. The number of benzene rings is 2. The summed E-state index contributed by atoms with van der Waals surface area (Å²) in [4.78, 5) is 16.5.